The average Bonchev–Trinajstić information content (AvgIpc) is 2.05. The van der Waals surface area contributed by atoms with Gasteiger partial charge in [-0.2, -0.15) is 0 Å². The van der Waals surface area contributed by atoms with Gasteiger partial charge >= 0.3 is 5.97 Å². The van der Waals surface area contributed by atoms with Gasteiger partial charge in [0.15, 0.2) is 0 Å². The first-order chi connectivity index (χ1) is 5.74. The predicted octanol–water partition coefficient (Wildman–Crippen LogP) is 1.16. The fraction of sp³-hybridized carbons (Fsp3) is 0.667. The van der Waals surface area contributed by atoms with E-state index < -0.39 is 5.97 Å². The lowest BCUT2D eigenvalue weighted by atomic mass is 9.97. The van der Waals surface area contributed by atoms with Gasteiger partial charge in [0.05, 0.1) is 0 Å². The highest BCUT2D eigenvalue weighted by Gasteiger charge is 2.24. The third-order valence-electron chi connectivity index (χ3n) is 2.23. The van der Waals surface area contributed by atoms with Gasteiger partial charge in [0, 0.05) is 6.04 Å². The van der Waals surface area contributed by atoms with E-state index in [4.69, 9.17) is 5.11 Å². The van der Waals surface area contributed by atoms with Crippen LogP contribution < -0.4 is 5.32 Å². The lowest BCUT2D eigenvalue weighted by molar-refractivity contribution is -0.140. The van der Waals surface area contributed by atoms with Crippen LogP contribution in [0.25, 0.3) is 0 Å². The van der Waals surface area contributed by atoms with E-state index in [2.05, 4.69) is 11.9 Å². The van der Waals surface area contributed by atoms with Crippen molar-refractivity contribution in [1.82, 2.24) is 5.32 Å². The van der Waals surface area contributed by atoms with Crippen molar-refractivity contribution < 1.29 is 9.90 Å². The minimum Gasteiger partial charge on any atom is -0.480 e. The molecule has 0 radical (unpaired) electrons. The second-order valence-corrected chi connectivity index (χ2v) is 3.21. The van der Waals surface area contributed by atoms with E-state index in [-0.39, 0.29) is 6.04 Å². The average molecular weight is 169 g/mol. The van der Waals surface area contributed by atoms with Crippen molar-refractivity contribution in [1.29, 1.82) is 0 Å². The van der Waals surface area contributed by atoms with Crippen molar-refractivity contribution in [3.05, 3.63) is 12.7 Å². The maximum absolute atomic E-state index is 10.6. The van der Waals surface area contributed by atoms with Crippen molar-refractivity contribution >= 4 is 5.97 Å². The Balaban J connectivity index is 2.39. The molecule has 0 aromatic rings. The first-order valence-corrected chi connectivity index (χ1v) is 4.33. The maximum atomic E-state index is 10.6. The number of hydrogen-bond acceptors (Lipinski definition) is 2. The Morgan fingerprint density at radius 2 is 2.42 bits per heavy atom. The van der Waals surface area contributed by atoms with Gasteiger partial charge < -0.3 is 10.4 Å². The van der Waals surface area contributed by atoms with E-state index in [1.807, 2.05) is 6.08 Å². The molecule has 2 unspecified atom stereocenters. The van der Waals surface area contributed by atoms with Crippen molar-refractivity contribution in [2.45, 2.75) is 37.8 Å². The van der Waals surface area contributed by atoms with E-state index in [0.29, 0.717) is 6.04 Å². The van der Waals surface area contributed by atoms with E-state index in [1.165, 1.54) is 0 Å². The number of hydrogen-bond donors (Lipinski definition) is 2. The predicted molar refractivity (Wildman–Crippen MR) is 47.0 cm³/mol. The summed E-state index contributed by atoms with van der Waals surface area (Å²) in [7, 11) is 0. The normalized spacial score (nSPS) is 29.7. The summed E-state index contributed by atoms with van der Waals surface area (Å²) < 4.78 is 0. The first-order valence-electron chi connectivity index (χ1n) is 4.33. The highest BCUT2D eigenvalue weighted by molar-refractivity contribution is 5.73. The molecule has 0 aromatic carbocycles. The third-order valence-corrected chi connectivity index (χ3v) is 2.23. The maximum Gasteiger partial charge on any atom is 0.320 e. The molecule has 12 heavy (non-hydrogen) atoms. The van der Waals surface area contributed by atoms with Crippen LogP contribution >= 0.6 is 0 Å². The van der Waals surface area contributed by atoms with Crippen LogP contribution in [0.5, 0.6) is 0 Å². The first kappa shape index (κ1) is 9.26. The fourth-order valence-corrected chi connectivity index (χ4v) is 1.60. The molecule has 0 amide bonds. The summed E-state index contributed by atoms with van der Waals surface area (Å²) >= 11 is 0. The summed E-state index contributed by atoms with van der Waals surface area (Å²) in [6.45, 7) is 3.64. The quantitative estimate of drug-likeness (QED) is 0.623. The summed E-state index contributed by atoms with van der Waals surface area (Å²) in [4.78, 5) is 10.6. The van der Waals surface area contributed by atoms with Crippen LogP contribution in [0.1, 0.15) is 25.7 Å². The largest absolute Gasteiger partial charge is 0.480 e. The van der Waals surface area contributed by atoms with Crippen LogP contribution in [0.2, 0.25) is 0 Å². The molecule has 1 rings (SSSR count). The highest BCUT2D eigenvalue weighted by Crippen LogP contribution is 2.15. The summed E-state index contributed by atoms with van der Waals surface area (Å²) in [6.07, 6.45) is 5.52. The van der Waals surface area contributed by atoms with Gasteiger partial charge in [-0.05, 0) is 25.7 Å². The number of carboxylic acid groups (broad SMARTS) is 1. The smallest absolute Gasteiger partial charge is 0.320 e. The zero-order valence-corrected chi connectivity index (χ0v) is 7.12. The number of aliphatic carboxylic acids is 1. The molecule has 68 valence electrons. The van der Waals surface area contributed by atoms with Crippen molar-refractivity contribution in [2.75, 3.05) is 0 Å². The topological polar surface area (TPSA) is 49.3 Å². The minimum absolute atomic E-state index is 0.317. The van der Waals surface area contributed by atoms with Crippen LogP contribution in [0.4, 0.5) is 0 Å². The SMILES string of the molecule is C=CCC1CCCC(C(=O)O)N1. The monoisotopic (exact) mass is 169 g/mol. The van der Waals surface area contributed by atoms with Crippen molar-refractivity contribution in [2.24, 2.45) is 0 Å². The summed E-state index contributed by atoms with van der Waals surface area (Å²) in [5, 5.41) is 11.8. The van der Waals surface area contributed by atoms with Crippen LogP contribution in [0.3, 0.4) is 0 Å². The Hall–Kier alpha value is -0.830. The number of carboxylic acids is 1. The van der Waals surface area contributed by atoms with Crippen molar-refractivity contribution in [3.8, 4) is 0 Å². The van der Waals surface area contributed by atoms with Gasteiger partial charge in [-0.25, -0.2) is 0 Å². The highest BCUT2D eigenvalue weighted by atomic mass is 16.4. The number of piperidine rings is 1. The summed E-state index contributed by atoms with van der Waals surface area (Å²) in [5.41, 5.74) is 0. The van der Waals surface area contributed by atoms with Crippen LogP contribution in [-0.2, 0) is 4.79 Å². The van der Waals surface area contributed by atoms with Gasteiger partial charge in [0.2, 0.25) is 0 Å². The second kappa shape index (κ2) is 4.26. The molecule has 1 saturated heterocycles. The molecule has 1 fully saturated rings. The van der Waals surface area contributed by atoms with E-state index in [1.54, 1.807) is 0 Å². The molecule has 3 nitrogen and oxygen atoms in total. The van der Waals surface area contributed by atoms with Gasteiger partial charge in [-0.3, -0.25) is 4.79 Å². The Bertz CT molecular complexity index is 179. The van der Waals surface area contributed by atoms with Crippen LogP contribution in [0.15, 0.2) is 12.7 Å². The molecule has 2 N–H and O–H groups in total. The van der Waals surface area contributed by atoms with Gasteiger partial charge in [-0.15, -0.1) is 6.58 Å². The Morgan fingerprint density at radius 1 is 1.67 bits per heavy atom. The molecule has 3 heteroatoms. The molecule has 0 aliphatic carbocycles. The summed E-state index contributed by atoms with van der Waals surface area (Å²) in [6, 6.07) is -0.0268. The second-order valence-electron chi connectivity index (χ2n) is 3.21. The molecule has 1 aliphatic rings. The Labute approximate surface area is 72.5 Å². The third kappa shape index (κ3) is 2.34. The van der Waals surface area contributed by atoms with E-state index in [0.717, 1.165) is 25.7 Å². The molecule has 0 bridgehead atoms. The van der Waals surface area contributed by atoms with E-state index in [9.17, 15) is 4.79 Å². The number of rotatable bonds is 3. The number of carbonyl (C=O) groups is 1. The Morgan fingerprint density at radius 3 is 3.00 bits per heavy atom. The zero-order valence-electron chi connectivity index (χ0n) is 7.12. The molecule has 0 spiro atoms. The standard InChI is InChI=1S/C9H15NO2/c1-2-4-7-5-3-6-8(10-7)9(11)12/h2,7-8,10H,1,3-6H2,(H,11,12). The zero-order chi connectivity index (χ0) is 8.97. The van der Waals surface area contributed by atoms with Crippen LogP contribution in [0, 0.1) is 0 Å². The van der Waals surface area contributed by atoms with Gasteiger partial charge in [0.1, 0.15) is 6.04 Å². The molecule has 2 atom stereocenters. The van der Waals surface area contributed by atoms with Gasteiger partial charge in [0.25, 0.3) is 0 Å². The minimum atomic E-state index is -0.733. The molecular formula is C9H15NO2. The molecule has 0 saturated carbocycles. The lowest BCUT2D eigenvalue weighted by Gasteiger charge is -2.27. The Kier molecular flexibility index (Phi) is 3.29. The molecule has 0 aromatic heterocycles. The fourth-order valence-electron chi connectivity index (χ4n) is 1.60. The molecular weight excluding hydrogens is 154 g/mol. The van der Waals surface area contributed by atoms with E-state index >= 15 is 0 Å². The van der Waals surface area contributed by atoms with Crippen molar-refractivity contribution in [3.63, 3.8) is 0 Å². The molecule has 1 aliphatic heterocycles. The molecule has 1 heterocycles. The summed E-state index contributed by atoms with van der Waals surface area (Å²) in [5.74, 6) is -0.733. The van der Waals surface area contributed by atoms with Gasteiger partial charge in [-0.1, -0.05) is 6.08 Å². The lowest BCUT2D eigenvalue weighted by Crippen LogP contribution is -2.46. The number of nitrogens with one attached hydrogen (secondary N) is 1. The van der Waals surface area contributed by atoms with Crippen LogP contribution in [-0.4, -0.2) is 23.2 Å².